The van der Waals surface area contributed by atoms with Gasteiger partial charge in [0.15, 0.2) is 0 Å². The maximum atomic E-state index is 11.5. The molecule has 4 atom stereocenters. The summed E-state index contributed by atoms with van der Waals surface area (Å²) in [5, 5.41) is 0. The molecule has 0 saturated carbocycles. The number of carbonyl (C=O) groups is 2. The van der Waals surface area contributed by atoms with Gasteiger partial charge in [0.2, 0.25) is 0 Å². The minimum Gasteiger partial charge on any atom is -0.465 e. The van der Waals surface area contributed by atoms with Gasteiger partial charge >= 0.3 is 11.9 Å². The molecule has 0 aromatic carbocycles. The van der Waals surface area contributed by atoms with Crippen molar-refractivity contribution in [2.24, 2.45) is 17.8 Å². The van der Waals surface area contributed by atoms with E-state index in [2.05, 4.69) is 0 Å². The smallest absolute Gasteiger partial charge is 0.308 e. The van der Waals surface area contributed by atoms with E-state index >= 15 is 0 Å². The molecule has 1 rings (SSSR count). The molecular formula is C13H22O4. The third kappa shape index (κ3) is 3.72. The Morgan fingerprint density at radius 3 is 2.76 bits per heavy atom. The summed E-state index contributed by atoms with van der Waals surface area (Å²) in [6.07, 6.45) is 1.03. The van der Waals surface area contributed by atoms with E-state index in [-0.39, 0.29) is 35.8 Å². The van der Waals surface area contributed by atoms with Crippen LogP contribution in [0.4, 0.5) is 0 Å². The van der Waals surface area contributed by atoms with E-state index < -0.39 is 0 Å². The van der Waals surface area contributed by atoms with Crippen molar-refractivity contribution in [2.45, 2.75) is 46.6 Å². The van der Waals surface area contributed by atoms with Crippen LogP contribution in [-0.4, -0.2) is 24.6 Å². The maximum absolute atomic E-state index is 11.5. The largest absolute Gasteiger partial charge is 0.465 e. The monoisotopic (exact) mass is 242 g/mol. The molecule has 0 aromatic heterocycles. The minimum atomic E-state index is -0.194. The van der Waals surface area contributed by atoms with Gasteiger partial charge < -0.3 is 9.47 Å². The number of carbonyl (C=O) groups excluding carboxylic acids is 2. The molecule has 4 heteroatoms. The minimum absolute atomic E-state index is 0.0710. The summed E-state index contributed by atoms with van der Waals surface area (Å²) < 4.78 is 10.4. The Morgan fingerprint density at radius 2 is 2.18 bits per heavy atom. The molecule has 1 aliphatic rings. The summed E-state index contributed by atoms with van der Waals surface area (Å²) >= 11 is 0. The molecule has 0 bridgehead atoms. The van der Waals surface area contributed by atoms with Gasteiger partial charge in [-0.2, -0.15) is 0 Å². The number of rotatable bonds is 4. The van der Waals surface area contributed by atoms with Gasteiger partial charge in [-0.05, 0) is 19.3 Å². The van der Waals surface area contributed by atoms with Crippen molar-refractivity contribution in [3.63, 3.8) is 0 Å². The third-order valence-electron chi connectivity index (χ3n) is 3.68. The molecule has 0 unspecified atom stereocenters. The molecule has 0 amide bonds. The van der Waals surface area contributed by atoms with Crippen LogP contribution >= 0.6 is 0 Å². The van der Waals surface area contributed by atoms with Crippen molar-refractivity contribution in [1.82, 2.24) is 0 Å². The van der Waals surface area contributed by atoms with Crippen molar-refractivity contribution >= 4 is 11.9 Å². The van der Waals surface area contributed by atoms with Crippen LogP contribution in [0.5, 0.6) is 0 Å². The second kappa shape index (κ2) is 6.03. The Labute approximate surface area is 103 Å². The van der Waals surface area contributed by atoms with E-state index in [9.17, 15) is 9.59 Å². The Balaban J connectivity index is 2.45. The zero-order valence-corrected chi connectivity index (χ0v) is 11.1. The summed E-state index contributed by atoms with van der Waals surface area (Å²) in [5.74, 6) is -0.124. The topological polar surface area (TPSA) is 52.6 Å². The van der Waals surface area contributed by atoms with Crippen LogP contribution in [0.15, 0.2) is 0 Å². The predicted octanol–water partition coefficient (Wildman–Crippen LogP) is 2.16. The van der Waals surface area contributed by atoms with E-state index in [1.54, 1.807) is 0 Å². The first-order valence-corrected chi connectivity index (χ1v) is 6.31. The molecule has 98 valence electrons. The van der Waals surface area contributed by atoms with Crippen LogP contribution in [-0.2, 0) is 19.1 Å². The average Bonchev–Trinajstić information content (AvgIpc) is 2.30. The van der Waals surface area contributed by atoms with Gasteiger partial charge in [0.25, 0.3) is 0 Å². The molecule has 17 heavy (non-hydrogen) atoms. The SMILES string of the molecule is CC[C@@H](C)C(=O)OC[C@@H]1CC(=O)O[C@@H](C)[C@@H]1C. The van der Waals surface area contributed by atoms with Crippen LogP contribution in [0.25, 0.3) is 0 Å². The van der Waals surface area contributed by atoms with Gasteiger partial charge in [0.05, 0.1) is 18.9 Å². The molecule has 1 saturated heterocycles. The summed E-state index contributed by atoms with van der Waals surface area (Å²) in [6.45, 7) is 8.03. The quantitative estimate of drug-likeness (QED) is 0.709. The Bertz CT molecular complexity index is 287. The Kier molecular flexibility index (Phi) is 4.97. The molecule has 1 fully saturated rings. The van der Waals surface area contributed by atoms with Crippen LogP contribution in [0.3, 0.4) is 0 Å². The van der Waals surface area contributed by atoms with Gasteiger partial charge in [-0.25, -0.2) is 0 Å². The number of hydrogen-bond acceptors (Lipinski definition) is 4. The molecular weight excluding hydrogens is 220 g/mol. The first-order chi connectivity index (χ1) is 7.95. The predicted molar refractivity (Wildman–Crippen MR) is 63.2 cm³/mol. The standard InChI is InChI=1S/C13H22O4/c1-5-8(2)13(15)16-7-11-6-12(14)17-10(4)9(11)3/h8-11H,5-7H2,1-4H3/t8-,9+,10+,11+/m1/s1. The lowest BCUT2D eigenvalue weighted by Gasteiger charge is -2.33. The number of ether oxygens (including phenoxy) is 2. The Morgan fingerprint density at radius 1 is 1.53 bits per heavy atom. The molecule has 0 radical (unpaired) electrons. The van der Waals surface area contributed by atoms with Crippen LogP contribution < -0.4 is 0 Å². The highest BCUT2D eigenvalue weighted by Gasteiger charge is 2.34. The Hall–Kier alpha value is -1.06. The van der Waals surface area contributed by atoms with E-state index in [1.807, 2.05) is 27.7 Å². The van der Waals surface area contributed by atoms with E-state index in [0.717, 1.165) is 6.42 Å². The molecule has 0 spiro atoms. The summed E-state index contributed by atoms with van der Waals surface area (Å²) in [6, 6.07) is 0. The third-order valence-corrected chi connectivity index (χ3v) is 3.68. The van der Waals surface area contributed by atoms with E-state index in [1.165, 1.54) is 0 Å². The lowest BCUT2D eigenvalue weighted by molar-refractivity contribution is -0.167. The molecule has 4 nitrogen and oxygen atoms in total. The number of cyclic esters (lactones) is 1. The fourth-order valence-corrected chi connectivity index (χ4v) is 1.85. The highest BCUT2D eigenvalue weighted by Crippen LogP contribution is 2.27. The number of esters is 2. The highest BCUT2D eigenvalue weighted by atomic mass is 16.5. The van der Waals surface area contributed by atoms with Gasteiger partial charge in [-0.1, -0.05) is 20.8 Å². The normalized spacial score (nSPS) is 30.6. The average molecular weight is 242 g/mol. The van der Waals surface area contributed by atoms with Crippen molar-refractivity contribution in [3.8, 4) is 0 Å². The van der Waals surface area contributed by atoms with Crippen molar-refractivity contribution in [1.29, 1.82) is 0 Å². The van der Waals surface area contributed by atoms with Gasteiger partial charge in [-0.15, -0.1) is 0 Å². The van der Waals surface area contributed by atoms with Crippen molar-refractivity contribution in [3.05, 3.63) is 0 Å². The van der Waals surface area contributed by atoms with Crippen molar-refractivity contribution < 1.29 is 19.1 Å². The second-order valence-electron chi connectivity index (χ2n) is 4.96. The lowest BCUT2D eigenvalue weighted by Crippen LogP contribution is -2.38. The van der Waals surface area contributed by atoms with Gasteiger partial charge in [0.1, 0.15) is 6.10 Å². The zero-order chi connectivity index (χ0) is 13.0. The molecule has 0 aliphatic carbocycles. The molecule has 1 aliphatic heterocycles. The lowest BCUT2D eigenvalue weighted by atomic mass is 9.85. The van der Waals surface area contributed by atoms with Crippen LogP contribution in [0, 0.1) is 17.8 Å². The summed E-state index contributed by atoms with van der Waals surface area (Å²) in [7, 11) is 0. The molecule has 1 heterocycles. The van der Waals surface area contributed by atoms with Gasteiger partial charge in [0, 0.05) is 5.92 Å². The first-order valence-electron chi connectivity index (χ1n) is 6.31. The first kappa shape index (κ1) is 14.0. The fraction of sp³-hybridized carbons (Fsp3) is 0.846. The second-order valence-corrected chi connectivity index (χ2v) is 4.96. The maximum Gasteiger partial charge on any atom is 0.308 e. The van der Waals surface area contributed by atoms with E-state index in [4.69, 9.17) is 9.47 Å². The van der Waals surface area contributed by atoms with Gasteiger partial charge in [-0.3, -0.25) is 9.59 Å². The summed E-state index contributed by atoms with van der Waals surface area (Å²) in [5.41, 5.74) is 0. The zero-order valence-electron chi connectivity index (χ0n) is 11.1. The molecule has 0 N–H and O–H groups in total. The summed E-state index contributed by atoms with van der Waals surface area (Å²) in [4.78, 5) is 22.8. The molecule has 0 aromatic rings. The van der Waals surface area contributed by atoms with E-state index in [0.29, 0.717) is 13.0 Å². The fourth-order valence-electron chi connectivity index (χ4n) is 1.85. The highest BCUT2D eigenvalue weighted by molar-refractivity contribution is 5.72. The van der Waals surface area contributed by atoms with Crippen LogP contribution in [0.1, 0.15) is 40.5 Å². The number of hydrogen-bond donors (Lipinski definition) is 0. The van der Waals surface area contributed by atoms with Crippen LogP contribution in [0.2, 0.25) is 0 Å². The van der Waals surface area contributed by atoms with Crippen molar-refractivity contribution in [2.75, 3.05) is 6.61 Å².